The number of hydrogen-bond acceptors (Lipinski definition) is 4. The van der Waals surface area contributed by atoms with E-state index in [2.05, 4.69) is 38.3 Å². The van der Waals surface area contributed by atoms with E-state index in [1.54, 1.807) is 0 Å². The molecule has 0 amide bonds. The summed E-state index contributed by atoms with van der Waals surface area (Å²) in [7, 11) is 0. The Balaban J connectivity index is 2.36. The molecule has 0 aromatic rings. The van der Waals surface area contributed by atoms with Gasteiger partial charge in [0.05, 0.1) is 10.8 Å². The molecule has 1 saturated carbocycles. The second kappa shape index (κ2) is 37.6. The fourth-order valence-corrected chi connectivity index (χ4v) is 10.1. The van der Waals surface area contributed by atoms with Crippen molar-refractivity contribution in [3.63, 3.8) is 0 Å². The molecule has 0 bridgehead atoms. The first-order valence-electron chi connectivity index (χ1n) is 26.2. The van der Waals surface area contributed by atoms with Gasteiger partial charge in [0.25, 0.3) is 0 Å². The second-order valence-corrected chi connectivity index (χ2v) is 19.3. The van der Waals surface area contributed by atoms with Crippen LogP contribution in [0, 0.1) is 10.8 Å². The van der Waals surface area contributed by atoms with Crippen LogP contribution in [0.5, 0.6) is 0 Å². The van der Waals surface area contributed by atoms with Crippen molar-refractivity contribution >= 4 is 11.9 Å². The van der Waals surface area contributed by atoms with Crippen LogP contribution < -0.4 is 10.6 Å². The van der Waals surface area contributed by atoms with E-state index in [4.69, 9.17) is 0 Å². The topological polar surface area (TPSA) is 98.7 Å². The maximum absolute atomic E-state index is 12.7. The Labute approximate surface area is 361 Å². The maximum atomic E-state index is 12.7. The van der Waals surface area contributed by atoms with Crippen molar-refractivity contribution in [3.8, 4) is 0 Å². The maximum Gasteiger partial charge on any atom is 0.309 e. The Hall–Kier alpha value is -1.14. The number of carboxylic acids is 2. The Morgan fingerprint density at radius 1 is 0.379 bits per heavy atom. The molecule has 0 spiro atoms. The van der Waals surface area contributed by atoms with Crippen molar-refractivity contribution in [2.45, 2.75) is 297 Å². The molecule has 0 radical (unpaired) electrons. The lowest BCUT2D eigenvalue weighted by Gasteiger charge is -2.33. The van der Waals surface area contributed by atoms with Gasteiger partial charge in [0.15, 0.2) is 0 Å². The minimum absolute atomic E-state index is 0.502. The van der Waals surface area contributed by atoms with Gasteiger partial charge in [-0.3, -0.25) is 9.59 Å². The van der Waals surface area contributed by atoms with E-state index >= 15 is 0 Å². The monoisotopic (exact) mass is 819 g/mol. The van der Waals surface area contributed by atoms with Crippen LogP contribution in [-0.4, -0.2) is 47.3 Å². The van der Waals surface area contributed by atoms with Gasteiger partial charge < -0.3 is 20.8 Å². The molecule has 58 heavy (non-hydrogen) atoms. The summed E-state index contributed by atoms with van der Waals surface area (Å²) in [6.07, 6.45) is 46.2. The van der Waals surface area contributed by atoms with Crippen molar-refractivity contribution in [2.75, 3.05) is 13.1 Å². The average Bonchev–Trinajstić information content (AvgIpc) is 3.22. The van der Waals surface area contributed by atoms with Crippen LogP contribution in [0.15, 0.2) is 0 Å². The largest absolute Gasteiger partial charge is 0.481 e. The van der Waals surface area contributed by atoms with Crippen molar-refractivity contribution in [3.05, 3.63) is 0 Å². The van der Waals surface area contributed by atoms with Gasteiger partial charge in [-0.2, -0.15) is 0 Å². The second-order valence-electron chi connectivity index (χ2n) is 19.3. The Morgan fingerprint density at radius 2 is 0.603 bits per heavy atom. The summed E-state index contributed by atoms with van der Waals surface area (Å²) in [5.74, 6) is -1.06. The van der Waals surface area contributed by atoms with Crippen molar-refractivity contribution in [1.29, 1.82) is 0 Å². The van der Waals surface area contributed by atoms with Gasteiger partial charge in [0, 0.05) is 12.1 Å². The minimum atomic E-state index is -0.529. The number of hydrogen-bond donors (Lipinski definition) is 4. The molecule has 0 aromatic heterocycles. The summed E-state index contributed by atoms with van der Waals surface area (Å²) in [6.45, 7) is 11.1. The predicted octanol–water partition coefficient (Wildman–Crippen LogP) is 15.7. The summed E-state index contributed by atoms with van der Waals surface area (Å²) < 4.78 is 0. The van der Waals surface area contributed by atoms with Crippen LogP contribution in [0.3, 0.4) is 0 Å². The van der Waals surface area contributed by atoms with Gasteiger partial charge in [-0.1, -0.05) is 220 Å². The summed E-state index contributed by atoms with van der Waals surface area (Å²) in [5.41, 5.74) is -1.00. The molecule has 6 nitrogen and oxygen atoms in total. The molecule has 4 unspecified atom stereocenters. The molecule has 0 aromatic carbocycles. The highest BCUT2D eigenvalue weighted by Gasteiger charge is 2.37. The van der Waals surface area contributed by atoms with Gasteiger partial charge in [0.2, 0.25) is 0 Å². The molecule has 0 aliphatic heterocycles. The molecular formula is C52H102N2O4. The smallest absolute Gasteiger partial charge is 0.309 e. The van der Waals surface area contributed by atoms with Crippen LogP contribution >= 0.6 is 0 Å². The molecule has 0 heterocycles. The van der Waals surface area contributed by atoms with Crippen LogP contribution in [0.1, 0.15) is 285 Å². The van der Waals surface area contributed by atoms with Crippen molar-refractivity contribution < 1.29 is 19.8 Å². The van der Waals surface area contributed by atoms with Crippen LogP contribution in [0.2, 0.25) is 0 Å². The summed E-state index contributed by atoms with van der Waals surface area (Å²) in [6, 6.07) is 1.15. The number of rotatable bonds is 44. The summed E-state index contributed by atoms with van der Waals surface area (Å²) in [4.78, 5) is 25.4. The Morgan fingerprint density at radius 3 is 0.862 bits per heavy atom. The molecule has 344 valence electrons. The number of nitrogens with one attached hydrogen (secondary N) is 2. The molecule has 6 heteroatoms. The summed E-state index contributed by atoms with van der Waals surface area (Å²) in [5, 5.41) is 28.7. The van der Waals surface area contributed by atoms with E-state index in [0.29, 0.717) is 12.1 Å². The third-order valence-electron chi connectivity index (χ3n) is 14.2. The zero-order valence-corrected chi connectivity index (χ0v) is 39.6. The van der Waals surface area contributed by atoms with Crippen LogP contribution in [0.4, 0.5) is 0 Å². The average molecular weight is 819 g/mol. The molecule has 4 atom stereocenters. The first kappa shape index (κ1) is 54.9. The highest BCUT2D eigenvalue weighted by Crippen LogP contribution is 2.39. The van der Waals surface area contributed by atoms with E-state index in [1.165, 1.54) is 167 Å². The third kappa shape index (κ3) is 26.3. The lowest BCUT2D eigenvalue weighted by Crippen LogP contribution is -2.50. The standard InChI is InChI=1S/C52H102N2O4/c1-5-9-13-17-21-31-41-51(49(55)56,39-29-15-11-7-3)43-33-23-19-25-35-45-53-47-37-27-28-38-48(47)54-46-36-26-20-24-34-44-52(50(57)58,40-30-16-12-8-4)42-32-22-18-14-10-6-2/h47-48,53-54H,5-46H2,1-4H3,(H,55,56)(H,57,58). The van der Waals surface area contributed by atoms with Crippen molar-refractivity contribution in [1.82, 2.24) is 10.6 Å². The van der Waals surface area contributed by atoms with Gasteiger partial charge in [-0.25, -0.2) is 0 Å². The minimum Gasteiger partial charge on any atom is -0.481 e. The molecular weight excluding hydrogens is 717 g/mol. The SMILES string of the molecule is CCCCCCCCC(CCCCCC)(CCCCCCCNC1CCCCC1NCCCCCCCC(CCCCCC)(CCCCCCCC)C(=O)O)C(=O)O. The molecule has 0 saturated heterocycles. The lowest BCUT2D eigenvalue weighted by atomic mass is 9.74. The first-order valence-corrected chi connectivity index (χ1v) is 26.2. The quantitative estimate of drug-likeness (QED) is 0.0457. The number of aliphatic carboxylic acids is 2. The molecule has 1 fully saturated rings. The van der Waals surface area contributed by atoms with E-state index < -0.39 is 22.8 Å². The van der Waals surface area contributed by atoms with E-state index in [9.17, 15) is 19.8 Å². The normalized spacial score (nSPS) is 17.9. The van der Waals surface area contributed by atoms with Gasteiger partial charge >= 0.3 is 11.9 Å². The molecule has 1 aliphatic rings. The van der Waals surface area contributed by atoms with E-state index in [0.717, 1.165) is 103 Å². The first-order chi connectivity index (χ1) is 28.3. The number of carboxylic acid groups (broad SMARTS) is 2. The molecule has 4 N–H and O–H groups in total. The zero-order chi connectivity index (χ0) is 42.4. The van der Waals surface area contributed by atoms with Crippen LogP contribution in [0.25, 0.3) is 0 Å². The zero-order valence-electron chi connectivity index (χ0n) is 39.6. The van der Waals surface area contributed by atoms with E-state index in [1.807, 2.05) is 0 Å². The lowest BCUT2D eigenvalue weighted by molar-refractivity contribution is -0.151. The highest BCUT2D eigenvalue weighted by atomic mass is 16.4. The van der Waals surface area contributed by atoms with Gasteiger partial charge in [-0.05, 0) is 77.3 Å². The third-order valence-corrected chi connectivity index (χ3v) is 14.2. The molecule has 1 aliphatic carbocycles. The molecule has 1 rings (SSSR count). The van der Waals surface area contributed by atoms with Gasteiger partial charge in [-0.15, -0.1) is 0 Å². The number of unbranched alkanes of at least 4 members (excludes halogenated alkanes) is 24. The van der Waals surface area contributed by atoms with Gasteiger partial charge in [0.1, 0.15) is 0 Å². The van der Waals surface area contributed by atoms with Crippen molar-refractivity contribution in [2.24, 2.45) is 10.8 Å². The number of carbonyl (C=O) groups is 2. The Bertz CT molecular complexity index is 870. The van der Waals surface area contributed by atoms with E-state index in [-0.39, 0.29) is 0 Å². The summed E-state index contributed by atoms with van der Waals surface area (Å²) >= 11 is 0. The predicted molar refractivity (Wildman–Crippen MR) is 251 cm³/mol. The highest BCUT2D eigenvalue weighted by molar-refractivity contribution is 5.75. The Kier molecular flexibility index (Phi) is 35.6. The fraction of sp³-hybridized carbons (Fsp3) is 0.962. The fourth-order valence-electron chi connectivity index (χ4n) is 10.1. The van der Waals surface area contributed by atoms with Crippen LogP contribution in [-0.2, 0) is 9.59 Å².